The van der Waals surface area contributed by atoms with Gasteiger partial charge in [0.2, 0.25) is 0 Å². The molecule has 0 aromatic heterocycles. The van der Waals surface area contributed by atoms with Crippen molar-refractivity contribution in [2.45, 2.75) is 6.92 Å². The van der Waals surface area contributed by atoms with Gasteiger partial charge in [-0.2, -0.15) is 9.68 Å². The lowest BCUT2D eigenvalue weighted by Crippen LogP contribution is -2.49. The van der Waals surface area contributed by atoms with E-state index in [2.05, 4.69) is 6.92 Å². The number of amides is 1. The highest BCUT2D eigenvalue weighted by Gasteiger charge is 2.33. The second-order valence-electron chi connectivity index (χ2n) is 1.75. The Morgan fingerprint density at radius 2 is 1.90 bits per heavy atom. The molecule has 4 nitrogen and oxygen atoms in total. The minimum atomic E-state index is -0.486. The average molecular weight is 147 g/mol. The highest BCUT2D eigenvalue weighted by Crippen LogP contribution is 2.06. The quantitative estimate of drug-likeness (QED) is 0.425. The Hall–Kier alpha value is -0.450. The van der Waals surface area contributed by atoms with Crippen LogP contribution >= 0.6 is 0 Å². The normalized spacial score (nSPS) is 11.6. The molecule has 0 saturated carbocycles. The highest BCUT2D eigenvalue weighted by atomic mass is 17.0. The van der Waals surface area contributed by atoms with Gasteiger partial charge in [-0.1, -0.05) is 0 Å². The number of hydroxylamine groups is 4. The molecule has 0 aromatic carbocycles. The van der Waals surface area contributed by atoms with E-state index in [0.29, 0.717) is 6.54 Å². The maximum Gasteiger partial charge on any atom is 0.379 e. The van der Waals surface area contributed by atoms with Crippen LogP contribution in [0.1, 0.15) is 6.92 Å². The van der Waals surface area contributed by atoms with Crippen LogP contribution < -0.4 is 0 Å². The molecule has 0 aliphatic carbocycles. The summed E-state index contributed by atoms with van der Waals surface area (Å²) in [7, 11) is 2.80. The van der Waals surface area contributed by atoms with E-state index in [1.807, 2.05) is 0 Å². The minimum Gasteiger partial charge on any atom is -0.224 e. The lowest BCUT2D eigenvalue weighted by Gasteiger charge is -2.23. The Morgan fingerprint density at radius 3 is 1.90 bits per heavy atom. The fourth-order valence-corrected chi connectivity index (χ4v) is 0.713. The third-order valence-electron chi connectivity index (χ3n) is 1.39. The summed E-state index contributed by atoms with van der Waals surface area (Å²) >= 11 is 0. The van der Waals surface area contributed by atoms with Crippen LogP contribution in [0.25, 0.3) is 0 Å². The van der Waals surface area contributed by atoms with E-state index in [9.17, 15) is 4.79 Å². The zero-order valence-corrected chi connectivity index (χ0v) is 6.59. The van der Waals surface area contributed by atoms with E-state index in [4.69, 9.17) is 9.68 Å². The van der Waals surface area contributed by atoms with Gasteiger partial charge in [-0.25, -0.2) is 4.79 Å². The molecule has 0 aromatic rings. The Balaban J connectivity index is 4.31. The van der Waals surface area contributed by atoms with Gasteiger partial charge in [0.25, 0.3) is 0 Å². The molecular weight excluding hydrogens is 134 g/mol. The molecule has 0 saturated heterocycles. The highest BCUT2D eigenvalue weighted by molar-refractivity contribution is 5.72. The number of rotatable bonds is 3. The maximum absolute atomic E-state index is 10.8. The summed E-state index contributed by atoms with van der Waals surface area (Å²) in [5, 5.41) is 0. The largest absolute Gasteiger partial charge is 0.379 e. The van der Waals surface area contributed by atoms with E-state index in [0.717, 1.165) is 0 Å². The molecular formula is C6H13NO3+. The number of carbonyl (C=O) groups excluding carboxylic acids is 1. The number of quaternary nitrogens is 1. The molecule has 0 aliphatic rings. The smallest absolute Gasteiger partial charge is 0.224 e. The SMILES string of the molecule is [CH2]C(=O)[N+](CC)(OC)OC. The van der Waals surface area contributed by atoms with Crippen molar-refractivity contribution in [1.29, 1.82) is 0 Å². The van der Waals surface area contributed by atoms with Crippen LogP contribution in [0, 0.1) is 6.92 Å². The Morgan fingerprint density at radius 1 is 1.50 bits per heavy atom. The van der Waals surface area contributed by atoms with Gasteiger partial charge in [-0.05, 0) is 6.92 Å². The summed E-state index contributed by atoms with van der Waals surface area (Å²) in [4.78, 5) is 19.9. The molecule has 1 amide bonds. The monoisotopic (exact) mass is 147 g/mol. The molecule has 4 heteroatoms. The zero-order valence-electron chi connectivity index (χ0n) is 6.59. The van der Waals surface area contributed by atoms with E-state index >= 15 is 0 Å². The Kier molecular flexibility index (Phi) is 3.49. The fraction of sp³-hybridized carbons (Fsp3) is 0.667. The first-order valence-corrected chi connectivity index (χ1v) is 2.99. The molecule has 0 rings (SSSR count). The number of hydrogen-bond donors (Lipinski definition) is 0. The first kappa shape index (κ1) is 9.55. The molecule has 1 radical (unpaired) electrons. The summed E-state index contributed by atoms with van der Waals surface area (Å²) < 4.78 is 0. The standard InChI is InChI=1S/C6H13NO3/c1-5-7(9-3,10-4)6(2)8/h2,5H2,1,3-4H3/q+1. The first-order valence-electron chi connectivity index (χ1n) is 2.99. The predicted molar refractivity (Wildman–Crippen MR) is 35.2 cm³/mol. The molecule has 0 atom stereocenters. The first-order chi connectivity index (χ1) is 4.63. The van der Waals surface area contributed by atoms with Crippen molar-refractivity contribution in [1.82, 2.24) is 0 Å². The molecule has 0 bridgehead atoms. The second kappa shape index (κ2) is 3.65. The minimum absolute atomic E-state index is 0.410. The summed E-state index contributed by atoms with van der Waals surface area (Å²) in [6.07, 6.45) is 0. The maximum atomic E-state index is 10.8. The van der Waals surface area contributed by atoms with Crippen molar-refractivity contribution in [3.8, 4) is 0 Å². The summed E-state index contributed by atoms with van der Waals surface area (Å²) in [6, 6.07) is 0. The van der Waals surface area contributed by atoms with Gasteiger partial charge in [-0.15, -0.1) is 0 Å². The van der Waals surface area contributed by atoms with E-state index < -0.39 is 10.7 Å². The van der Waals surface area contributed by atoms with Gasteiger partial charge < -0.3 is 0 Å². The third-order valence-corrected chi connectivity index (χ3v) is 1.39. The lowest BCUT2D eigenvalue weighted by atomic mass is 10.6. The van der Waals surface area contributed by atoms with Crippen LogP contribution in [0.2, 0.25) is 0 Å². The van der Waals surface area contributed by atoms with E-state index in [1.165, 1.54) is 14.2 Å². The van der Waals surface area contributed by atoms with Crippen LogP contribution in [-0.2, 0) is 14.5 Å². The molecule has 0 spiro atoms. The van der Waals surface area contributed by atoms with Crippen molar-refractivity contribution < 1.29 is 19.3 Å². The van der Waals surface area contributed by atoms with Crippen LogP contribution in [-0.4, -0.2) is 31.5 Å². The molecule has 0 aliphatic heterocycles. The number of nitrogens with zero attached hydrogens (tertiary/aromatic N) is 1. The fourth-order valence-electron chi connectivity index (χ4n) is 0.713. The summed E-state index contributed by atoms with van der Waals surface area (Å²) in [5.74, 6) is -0.410. The Labute approximate surface area is 60.8 Å². The summed E-state index contributed by atoms with van der Waals surface area (Å²) in [6.45, 7) is 5.39. The van der Waals surface area contributed by atoms with Gasteiger partial charge in [0.15, 0.2) is 0 Å². The topological polar surface area (TPSA) is 35.5 Å². The van der Waals surface area contributed by atoms with Gasteiger partial charge in [-0.3, -0.25) is 0 Å². The van der Waals surface area contributed by atoms with Gasteiger partial charge in [0.1, 0.15) is 20.8 Å². The van der Waals surface area contributed by atoms with Crippen LogP contribution in [0.4, 0.5) is 0 Å². The Bertz CT molecular complexity index is 112. The van der Waals surface area contributed by atoms with Crippen molar-refractivity contribution in [2.24, 2.45) is 0 Å². The van der Waals surface area contributed by atoms with Crippen molar-refractivity contribution >= 4 is 5.91 Å². The molecule has 0 N–H and O–H groups in total. The number of carbonyl (C=O) groups is 1. The second-order valence-corrected chi connectivity index (χ2v) is 1.75. The zero-order chi connectivity index (χ0) is 8.20. The van der Waals surface area contributed by atoms with Gasteiger partial charge in [0, 0.05) is 4.81 Å². The van der Waals surface area contributed by atoms with Crippen molar-refractivity contribution in [3.63, 3.8) is 0 Å². The van der Waals surface area contributed by atoms with Crippen LogP contribution in [0.5, 0.6) is 0 Å². The average Bonchev–Trinajstić information content (AvgIpc) is 1.92. The predicted octanol–water partition coefficient (Wildman–Crippen LogP) is 0.307. The van der Waals surface area contributed by atoms with Crippen molar-refractivity contribution in [2.75, 3.05) is 20.8 Å². The molecule has 59 valence electrons. The van der Waals surface area contributed by atoms with Crippen LogP contribution in [0.3, 0.4) is 0 Å². The van der Waals surface area contributed by atoms with Crippen molar-refractivity contribution in [3.05, 3.63) is 6.92 Å². The van der Waals surface area contributed by atoms with Gasteiger partial charge >= 0.3 is 5.91 Å². The van der Waals surface area contributed by atoms with E-state index in [1.54, 1.807) is 6.92 Å². The lowest BCUT2D eigenvalue weighted by molar-refractivity contribution is -1.18. The van der Waals surface area contributed by atoms with Gasteiger partial charge in [0.05, 0.1) is 6.92 Å². The molecule has 0 unspecified atom stereocenters. The number of hydrogen-bond acceptors (Lipinski definition) is 3. The molecule has 0 fully saturated rings. The molecule has 10 heavy (non-hydrogen) atoms. The third kappa shape index (κ3) is 1.53. The summed E-state index contributed by atoms with van der Waals surface area (Å²) in [5.41, 5.74) is 0. The van der Waals surface area contributed by atoms with Crippen LogP contribution in [0.15, 0.2) is 0 Å². The van der Waals surface area contributed by atoms with E-state index in [-0.39, 0.29) is 0 Å². The molecule has 0 heterocycles.